The lowest BCUT2D eigenvalue weighted by Crippen LogP contribution is -2.11. The molecule has 0 saturated heterocycles. The number of rotatable bonds is 4. The van der Waals surface area contributed by atoms with Gasteiger partial charge in [0.25, 0.3) is 0 Å². The molecule has 13 heavy (non-hydrogen) atoms. The Balaban J connectivity index is 2.58. The van der Waals surface area contributed by atoms with E-state index < -0.39 is 10.8 Å². The van der Waals surface area contributed by atoms with Gasteiger partial charge in [-0.25, -0.2) is 0 Å². The van der Waals surface area contributed by atoms with E-state index in [0.29, 0.717) is 18.1 Å². The van der Waals surface area contributed by atoms with Crippen molar-refractivity contribution in [3.8, 4) is 0 Å². The number of nitrogens with two attached hydrogens (primary N) is 1. The minimum Gasteiger partial charge on any atom is -0.330 e. The fourth-order valence-corrected chi connectivity index (χ4v) is 2.42. The highest BCUT2D eigenvalue weighted by molar-refractivity contribution is 9.10. The lowest BCUT2D eigenvalue weighted by Gasteiger charge is -2.01. The van der Waals surface area contributed by atoms with Gasteiger partial charge in [0.05, 0.1) is 0 Å². The highest BCUT2D eigenvalue weighted by Gasteiger charge is 2.00. The lowest BCUT2D eigenvalue weighted by atomic mass is 10.2. The largest absolute Gasteiger partial charge is 0.330 e. The van der Waals surface area contributed by atoms with Crippen LogP contribution in [-0.2, 0) is 16.6 Å². The van der Waals surface area contributed by atoms with Crippen LogP contribution in [0.15, 0.2) is 28.7 Å². The Morgan fingerprint density at radius 1 is 1.46 bits per heavy atom. The first-order valence-electron chi connectivity index (χ1n) is 4.02. The maximum Gasteiger partial charge on any atom is 0.0486 e. The molecule has 0 spiro atoms. The van der Waals surface area contributed by atoms with Crippen molar-refractivity contribution in [2.75, 3.05) is 12.3 Å². The molecule has 0 fully saturated rings. The first kappa shape index (κ1) is 10.9. The summed E-state index contributed by atoms with van der Waals surface area (Å²) in [6.07, 6.45) is 0. The zero-order valence-corrected chi connectivity index (χ0v) is 9.61. The molecule has 2 N–H and O–H groups in total. The van der Waals surface area contributed by atoms with Gasteiger partial charge >= 0.3 is 0 Å². The van der Waals surface area contributed by atoms with Crippen LogP contribution in [0.5, 0.6) is 0 Å². The molecule has 0 bridgehead atoms. The quantitative estimate of drug-likeness (QED) is 0.896. The average Bonchev–Trinajstić information content (AvgIpc) is 2.04. The van der Waals surface area contributed by atoms with Gasteiger partial charge in [-0.2, -0.15) is 0 Å². The Morgan fingerprint density at radius 2 is 2.23 bits per heavy atom. The highest BCUT2D eigenvalue weighted by atomic mass is 79.9. The van der Waals surface area contributed by atoms with E-state index >= 15 is 0 Å². The van der Waals surface area contributed by atoms with Gasteiger partial charge in [-0.15, -0.1) is 0 Å². The molecule has 1 aromatic rings. The van der Waals surface area contributed by atoms with E-state index in [1.807, 2.05) is 24.3 Å². The molecular weight excluding hydrogens is 250 g/mol. The van der Waals surface area contributed by atoms with Crippen LogP contribution in [0.25, 0.3) is 0 Å². The first-order valence-corrected chi connectivity index (χ1v) is 6.30. The molecule has 0 aromatic heterocycles. The predicted molar refractivity (Wildman–Crippen MR) is 59.9 cm³/mol. The number of hydrogen-bond donors (Lipinski definition) is 1. The molecular formula is C9H12BrNOS. The van der Waals surface area contributed by atoms with Gasteiger partial charge in [0.1, 0.15) is 0 Å². The standard InChI is InChI=1S/C9H12BrNOS/c10-9-3-1-2-8(6-9)7-13(12)5-4-11/h1-3,6H,4-5,7,11H2. The van der Waals surface area contributed by atoms with Gasteiger partial charge in [-0.1, -0.05) is 28.1 Å². The Labute approximate surface area is 89.1 Å². The van der Waals surface area contributed by atoms with Gasteiger partial charge in [-0.3, -0.25) is 4.21 Å². The molecule has 0 aliphatic carbocycles. The Hall–Kier alpha value is -0.190. The molecule has 2 nitrogen and oxygen atoms in total. The van der Waals surface area contributed by atoms with Crippen LogP contribution < -0.4 is 5.73 Å². The van der Waals surface area contributed by atoms with E-state index in [1.54, 1.807) is 0 Å². The first-order chi connectivity index (χ1) is 6.22. The van der Waals surface area contributed by atoms with Crippen LogP contribution in [0.1, 0.15) is 5.56 Å². The van der Waals surface area contributed by atoms with Crippen LogP contribution in [0, 0.1) is 0 Å². The third-order valence-corrected chi connectivity index (χ3v) is 3.40. The molecule has 4 heteroatoms. The zero-order valence-electron chi connectivity index (χ0n) is 7.20. The second kappa shape index (κ2) is 5.52. The Kier molecular flexibility index (Phi) is 4.62. The van der Waals surface area contributed by atoms with Crippen LogP contribution >= 0.6 is 15.9 Å². The van der Waals surface area contributed by atoms with Crippen LogP contribution in [0.4, 0.5) is 0 Å². The summed E-state index contributed by atoms with van der Waals surface area (Å²) in [5.41, 5.74) is 6.40. The molecule has 0 saturated carbocycles. The van der Waals surface area contributed by atoms with Crippen molar-refractivity contribution in [2.45, 2.75) is 5.75 Å². The summed E-state index contributed by atoms with van der Waals surface area (Å²) in [4.78, 5) is 0. The van der Waals surface area contributed by atoms with Gasteiger partial charge in [0.2, 0.25) is 0 Å². The van der Waals surface area contributed by atoms with Crippen molar-refractivity contribution in [3.05, 3.63) is 34.3 Å². The van der Waals surface area contributed by atoms with E-state index in [9.17, 15) is 4.21 Å². The number of benzene rings is 1. The third kappa shape index (κ3) is 4.02. The molecule has 1 unspecified atom stereocenters. The van der Waals surface area contributed by atoms with Crippen molar-refractivity contribution in [1.82, 2.24) is 0 Å². The molecule has 0 heterocycles. The number of hydrogen-bond acceptors (Lipinski definition) is 2. The van der Waals surface area contributed by atoms with Gasteiger partial charge in [-0.05, 0) is 17.7 Å². The van der Waals surface area contributed by atoms with Gasteiger partial charge in [0, 0.05) is 33.3 Å². The molecule has 1 aromatic carbocycles. The monoisotopic (exact) mass is 261 g/mol. The van der Waals surface area contributed by atoms with Crippen LogP contribution in [-0.4, -0.2) is 16.5 Å². The average molecular weight is 262 g/mol. The predicted octanol–water partition coefficient (Wildman–Crippen LogP) is 1.66. The summed E-state index contributed by atoms with van der Waals surface area (Å²) in [5.74, 6) is 1.17. The van der Waals surface area contributed by atoms with E-state index in [1.165, 1.54) is 0 Å². The summed E-state index contributed by atoms with van der Waals surface area (Å²) in [6, 6.07) is 7.85. The van der Waals surface area contributed by atoms with E-state index in [4.69, 9.17) is 5.73 Å². The SMILES string of the molecule is NCCS(=O)Cc1cccc(Br)c1. The molecule has 1 atom stereocenters. The van der Waals surface area contributed by atoms with Crippen molar-refractivity contribution >= 4 is 26.7 Å². The maximum absolute atomic E-state index is 11.3. The summed E-state index contributed by atoms with van der Waals surface area (Å²) in [6.45, 7) is 0.487. The van der Waals surface area contributed by atoms with Gasteiger partial charge < -0.3 is 5.73 Å². The molecule has 72 valence electrons. The smallest absolute Gasteiger partial charge is 0.0486 e. The second-order valence-electron chi connectivity index (χ2n) is 2.71. The molecule has 1 rings (SSSR count). The fraction of sp³-hybridized carbons (Fsp3) is 0.333. The van der Waals surface area contributed by atoms with Gasteiger partial charge in [0.15, 0.2) is 0 Å². The van der Waals surface area contributed by atoms with Crippen LogP contribution in [0.2, 0.25) is 0 Å². The van der Waals surface area contributed by atoms with Crippen LogP contribution in [0.3, 0.4) is 0 Å². The Bertz CT molecular complexity index is 303. The van der Waals surface area contributed by atoms with Crippen molar-refractivity contribution in [2.24, 2.45) is 5.73 Å². The summed E-state index contributed by atoms with van der Waals surface area (Å²) in [5, 5.41) is 0. The maximum atomic E-state index is 11.3. The molecule has 0 radical (unpaired) electrons. The van der Waals surface area contributed by atoms with E-state index in [-0.39, 0.29) is 0 Å². The Morgan fingerprint density at radius 3 is 2.85 bits per heavy atom. The molecule has 0 amide bonds. The second-order valence-corrected chi connectivity index (χ2v) is 5.20. The lowest BCUT2D eigenvalue weighted by molar-refractivity contribution is 0.682. The third-order valence-electron chi connectivity index (χ3n) is 1.56. The van der Waals surface area contributed by atoms with Crippen molar-refractivity contribution in [3.63, 3.8) is 0 Å². The topological polar surface area (TPSA) is 43.1 Å². The van der Waals surface area contributed by atoms with Crippen molar-refractivity contribution < 1.29 is 4.21 Å². The fourth-order valence-electron chi connectivity index (χ4n) is 1.02. The highest BCUT2D eigenvalue weighted by Crippen LogP contribution is 2.12. The van der Waals surface area contributed by atoms with E-state index in [0.717, 1.165) is 10.0 Å². The summed E-state index contributed by atoms with van der Waals surface area (Å²) in [7, 11) is -0.825. The summed E-state index contributed by atoms with van der Waals surface area (Å²) >= 11 is 3.37. The minimum atomic E-state index is -0.825. The van der Waals surface area contributed by atoms with Crippen molar-refractivity contribution in [1.29, 1.82) is 0 Å². The number of halogens is 1. The molecule has 0 aliphatic rings. The normalized spacial score (nSPS) is 12.8. The van der Waals surface area contributed by atoms with E-state index in [2.05, 4.69) is 15.9 Å². The summed E-state index contributed by atoms with van der Waals surface area (Å²) < 4.78 is 12.4. The zero-order chi connectivity index (χ0) is 9.68. The molecule has 0 aliphatic heterocycles. The minimum absolute atomic E-state index is 0.487.